The summed E-state index contributed by atoms with van der Waals surface area (Å²) in [6.07, 6.45) is 10.4. The van der Waals surface area contributed by atoms with Crippen LogP contribution >= 0.6 is 0 Å². The molecule has 0 aliphatic carbocycles. The van der Waals surface area contributed by atoms with Crippen molar-refractivity contribution in [1.82, 2.24) is 0 Å². The van der Waals surface area contributed by atoms with Gasteiger partial charge in [-0.05, 0) is 111 Å². The molecule has 59 heavy (non-hydrogen) atoms. The number of fused-ring (bicyclic) bond motifs is 7. The highest BCUT2D eigenvalue weighted by atomic mass is 16.5. The molecule has 0 saturated heterocycles. The molecule has 0 spiro atoms. The monoisotopic (exact) mass is 787 g/mol. The third-order valence-electron chi connectivity index (χ3n) is 12.7. The highest BCUT2D eigenvalue weighted by molar-refractivity contribution is 6.20. The highest BCUT2D eigenvalue weighted by Gasteiger charge is 2.49. The number of carbonyl (C=O) groups excluding carboxylic acids is 1. The molecule has 6 nitrogen and oxygen atoms in total. The molecule has 304 valence electrons. The molecule has 0 aromatic heterocycles. The van der Waals surface area contributed by atoms with Crippen LogP contribution in [0.2, 0.25) is 0 Å². The number of hydrogen-bond acceptors (Lipinski definition) is 4. The van der Waals surface area contributed by atoms with Crippen molar-refractivity contribution in [2.24, 2.45) is 0 Å². The fraction of sp³-hybridized carbons (Fsp3) is 0.340. The summed E-state index contributed by atoms with van der Waals surface area (Å²) in [7, 11) is 0. The van der Waals surface area contributed by atoms with E-state index in [1.807, 2.05) is 0 Å². The molecule has 2 aliphatic rings. The van der Waals surface area contributed by atoms with Gasteiger partial charge in [0.2, 0.25) is 5.69 Å². The number of anilines is 1. The summed E-state index contributed by atoms with van der Waals surface area (Å²) in [6, 6.07) is 34.5. The first-order chi connectivity index (χ1) is 28.4. The molecule has 0 fully saturated rings. The molecule has 1 N–H and O–H groups in total. The lowest BCUT2D eigenvalue weighted by Crippen LogP contribution is -2.32. The van der Waals surface area contributed by atoms with Gasteiger partial charge < -0.3 is 14.7 Å². The lowest BCUT2D eigenvalue weighted by Gasteiger charge is -2.32. The molecule has 0 radical (unpaired) electrons. The third kappa shape index (κ3) is 7.78. The van der Waals surface area contributed by atoms with Crippen LogP contribution in [0.1, 0.15) is 102 Å². The molecule has 0 bridgehead atoms. The maximum atomic E-state index is 12.3. The van der Waals surface area contributed by atoms with Crippen LogP contribution in [0.4, 0.5) is 11.4 Å². The maximum Gasteiger partial charge on any atom is 0.309 e. The molecule has 2 aliphatic heterocycles. The molecule has 1 atom stereocenters. The third-order valence-corrected chi connectivity index (χ3v) is 12.7. The van der Waals surface area contributed by atoms with Crippen LogP contribution in [-0.4, -0.2) is 47.5 Å². The van der Waals surface area contributed by atoms with Crippen LogP contribution in [0.15, 0.2) is 126 Å². The molecular weight excluding hydrogens is 729 g/mol. The Kier molecular flexibility index (Phi) is 12.1. The number of unbranched alkanes of at least 4 members (excludes halogenated alkanes) is 3. The van der Waals surface area contributed by atoms with Crippen molar-refractivity contribution in [3.8, 4) is 0 Å². The minimum atomic E-state index is -0.817. The lowest BCUT2D eigenvalue weighted by atomic mass is 9.75. The van der Waals surface area contributed by atoms with E-state index in [2.05, 4.69) is 167 Å². The summed E-state index contributed by atoms with van der Waals surface area (Å²) in [5.41, 5.74) is 12.1. The van der Waals surface area contributed by atoms with Gasteiger partial charge in [-0.2, -0.15) is 4.58 Å². The van der Waals surface area contributed by atoms with Gasteiger partial charge >= 0.3 is 5.97 Å². The van der Waals surface area contributed by atoms with Crippen LogP contribution in [0.25, 0.3) is 27.1 Å². The Morgan fingerprint density at radius 1 is 0.831 bits per heavy atom. The molecule has 6 heteroatoms. The molecular formula is C53H59N2O4+. The van der Waals surface area contributed by atoms with Crippen LogP contribution < -0.4 is 4.90 Å². The molecule has 1 unspecified atom stereocenters. The Morgan fingerprint density at radius 2 is 1.49 bits per heavy atom. The average molecular weight is 788 g/mol. The minimum Gasteiger partial charge on any atom is -0.481 e. The fourth-order valence-corrected chi connectivity index (χ4v) is 10.3. The zero-order valence-electron chi connectivity index (χ0n) is 35.9. The second-order valence-electron chi connectivity index (χ2n) is 17.2. The van der Waals surface area contributed by atoms with E-state index in [0.717, 1.165) is 51.9 Å². The van der Waals surface area contributed by atoms with E-state index in [1.54, 1.807) is 0 Å². The zero-order valence-corrected chi connectivity index (χ0v) is 35.9. The number of hydrogen-bond donors (Lipinski definition) is 1. The number of carboxylic acid groups (broad SMARTS) is 1. The lowest BCUT2D eigenvalue weighted by molar-refractivity contribution is -0.435. The largest absolute Gasteiger partial charge is 0.481 e. The van der Waals surface area contributed by atoms with Gasteiger partial charge in [0.05, 0.1) is 17.3 Å². The van der Waals surface area contributed by atoms with Gasteiger partial charge in [-0.1, -0.05) is 123 Å². The summed E-state index contributed by atoms with van der Waals surface area (Å²) in [5.74, 6) is -0.817. The number of carboxylic acids is 1. The predicted octanol–water partition coefficient (Wildman–Crippen LogP) is 12.4. The van der Waals surface area contributed by atoms with Crippen LogP contribution in [0, 0.1) is 6.92 Å². The standard InChI is InChI=1S/C53H58N2O4/c1-8-9-10-18-28-53(7)45-32-36(2)25-26-46(45)54(30-31-59-35-56)51(53)38(4)34-40(39-19-12-11-13-20-39)33-37(3)50-52(5,6)48-43-23-16-14-21-41(43)42-22-15-17-24-44(42)49(48)55(50)29-27-47(57)58/h11-17,19-26,32-35H,8-10,18,27-31H2,1-7H3/p+1. The van der Waals surface area contributed by atoms with E-state index in [0.29, 0.717) is 19.6 Å². The number of benzene rings is 5. The topological polar surface area (TPSA) is 69.8 Å². The van der Waals surface area contributed by atoms with E-state index in [9.17, 15) is 14.7 Å². The number of rotatable bonds is 16. The Hall–Kier alpha value is -5.75. The second-order valence-corrected chi connectivity index (χ2v) is 17.2. The molecule has 5 aromatic rings. The second kappa shape index (κ2) is 17.2. The molecule has 7 rings (SSSR count). The van der Waals surface area contributed by atoms with Gasteiger partial charge in [0.1, 0.15) is 13.0 Å². The Morgan fingerprint density at radius 3 is 2.17 bits per heavy atom. The minimum absolute atomic E-state index is 0.0145. The van der Waals surface area contributed by atoms with Gasteiger partial charge in [-0.15, -0.1) is 0 Å². The van der Waals surface area contributed by atoms with Gasteiger partial charge in [0, 0.05) is 27.9 Å². The molecule has 2 heterocycles. The van der Waals surface area contributed by atoms with Crippen LogP contribution in [0.5, 0.6) is 0 Å². The quantitative estimate of drug-likeness (QED) is 0.0355. The van der Waals surface area contributed by atoms with Crippen LogP contribution in [0.3, 0.4) is 0 Å². The Balaban J connectivity index is 1.46. The first kappa shape index (κ1) is 41.4. The summed E-state index contributed by atoms with van der Waals surface area (Å²) >= 11 is 0. The smallest absolute Gasteiger partial charge is 0.309 e. The summed E-state index contributed by atoms with van der Waals surface area (Å²) in [5, 5.41) is 14.8. The van der Waals surface area contributed by atoms with Crippen molar-refractivity contribution in [3.63, 3.8) is 0 Å². The van der Waals surface area contributed by atoms with E-state index >= 15 is 0 Å². The molecule has 5 aromatic carbocycles. The first-order valence-corrected chi connectivity index (χ1v) is 21.3. The average Bonchev–Trinajstić information content (AvgIpc) is 3.62. The number of aryl methyl sites for hydroxylation is 1. The number of aliphatic carboxylic acids is 1. The highest BCUT2D eigenvalue weighted by Crippen LogP contribution is 2.53. The van der Waals surface area contributed by atoms with Crippen molar-refractivity contribution < 1.29 is 24.0 Å². The molecule has 0 amide bonds. The van der Waals surface area contributed by atoms with E-state index in [4.69, 9.17) is 4.74 Å². The van der Waals surface area contributed by atoms with Crippen molar-refractivity contribution in [2.75, 3.05) is 24.6 Å². The van der Waals surface area contributed by atoms with Crippen molar-refractivity contribution >= 4 is 56.6 Å². The molecule has 0 saturated carbocycles. The van der Waals surface area contributed by atoms with Crippen molar-refractivity contribution in [2.45, 2.75) is 97.8 Å². The van der Waals surface area contributed by atoms with Crippen molar-refractivity contribution in [3.05, 3.63) is 148 Å². The van der Waals surface area contributed by atoms with Crippen LogP contribution in [-0.2, 0) is 25.2 Å². The summed E-state index contributed by atoms with van der Waals surface area (Å²) in [6.45, 7) is 17.6. The SMILES string of the molecule is CCCCCCC1(C)/C(=C(C)/C=C(/C=C(\C)C2=[N+](CCC(=O)O)c3c(c4ccccc4c4ccccc34)C2(C)C)c2ccccc2)N(CCOC=O)c2ccc(C)cc21. The predicted molar refractivity (Wildman–Crippen MR) is 244 cm³/mol. The number of nitrogens with zero attached hydrogens (tertiary/aromatic N) is 2. The van der Waals surface area contributed by atoms with Gasteiger partial charge in [-0.3, -0.25) is 9.59 Å². The fourth-order valence-electron chi connectivity index (χ4n) is 10.3. The van der Waals surface area contributed by atoms with E-state index in [1.165, 1.54) is 63.5 Å². The number of ether oxygens (including phenoxy) is 1. The first-order valence-electron chi connectivity index (χ1n) is 21.3. The Labute approximate surface area is 350 Å². The zero-order chi connectivity index (χ0) is 41.9. The number of carbonyl (C=O) groups is 2. The summed E-state index contributed by atoms with van der Waals surface area (Å²) in [4.78, 5) is 26.0. The van der Waals surface area contributed by atoms with E-state index < -0.39 is 11.4 Å². The van der Waals surface area contributed by atoms with Gasteiger partial charge in [0.25, 0.3) is 6.47 Å². The van der Waals surface area contributed by atoms with Gasteiger partial charge in [0.15, 0.2) is 12.3 Å². The Bertz CT molecular complexity index is 2540. The number of allylic oxidation sites excluding steroid dienone is 6. The van der Waals surface area contributed by atoms with E-state index in [-0.39, 0.29) is 18.4 Å². The maximum absolute atomic E-state index is 12.3. The summed E-state index contributed by atoms with van der Waals surface area (Å²) < 4.78 is 7.64. The van der Waals surface area contributed by atoms with Gasteiger partial charge in [-0.25, -0.2) is 0 Å². The normalized spacial score (nSPS) is 18.4. The van der Waals surface area contributed by atoms with Crippen molar-refractivity contribution in [1.29, 1.82) is 0 Å².